The van der Waals surface area contributed by atoms with Crippen LogP contribution in [-0.2, 0) is 11.3 Å². The fourth-order valence-corrected chi connectivity index (χ4v) is 2.97. The molecule has 0 fully saturated rings. The predicted octanol–water partition coefficient (Wildman–Crippen LogP) is 3.84. The summed E-state index contributed by atoms with van der Waals surface area (Å²) in [6.45, 7) is -0.267. The van der Waals surface area contributed by atoms with Gasteiger partial charge in [-0.15, -0.1) is 0 Å². The first-order valence-corrected chi connectivity index (χ1v) is 8.71. The third-order valence-corrected chi connectivity index (χ3v) is 4.31. The molecule has 0 bridgehead atoms. The molecule has 1 heterocycles. The van der Waals surface area contributed by atoms with E-state index in [9.17, 15) is 14.0 Å². The van der Waals surface area contributed by atoms with Crippen molar-refractivity contribution in [1.29, 1.82) is 0 Å². The molecule has 0 radical (unpaired) electrons. The Hall–Kier alpha value is -3.80. The van der Waals surface area contributed by atoms with E-state index in [2.05, 4.69) is 10.4 Å². The van der Waals surface area contributed by atoms with Crippen LogP contribution in [0.25, 0.3) is 22.0 Å². The highest BCUT2D eigenvalue weighted by molar-refractivity contribution is 5.90. The average Bonchev–Trinajstić information content (AvgIpc) is 2.69. The van der Waals surface area contributed by atoms with E-state index in [-0.39, 0.29) is 12.1 Å². The zero-order valence-corrected chi connectivity index (χ0v) is 14.8. The van der Waals surface area contributed by atoms with Gasteiger partial charge in [-0.3, -0.25) is 9.59 Å². The van der Waals surface area contributed by atoms with Crippen molar-refractivity contribution in [2.75, 3.05) is 5.32 Å². The number of hydrogen-bond donors (Lipinski definition) is 1. The van der Waals surface area contributed by atoms with Crippen LogP contribution in [0.2, 0.25) is 0 Å². The molecule has 0 aliphatic heterocycles. The minimum absolute atomic E-state index is 0.267. The number of fused-ring (bicyclic) bond motifs is 1. The minimum Gasteiger partial charge on any atom is -0.324 e. The third kappa shape index (κ3) is 3.81. The van der Waals surface area contributed by atoms with E-state index < -0.39 is 11.7 Å². The van der Waals surface area contributed by atoms with E-state index in [1.54, 1.807) is 12.1 Å². The summed E-state index contributed by atoms with van der Waals surface area (Å²) >= 11 is 0. The van der Waals surface area contributed by atoms with Crippen molar-refractivity contribution in [1.82, 2.24) is 9.78 Å². The van der Waals surface area contributed by atoms with Gasteiger partial charge in [-0.25, -0.2) is 9.07 Å². The van der Waals surface area contributed by atoms with E-state index in [0.717, 1.165) is 21.0 Å². The first-order chi connectivity index (χ1) is 13.6. The fraction of sp³-hybridized carbons (Fsp3) is 0.0455. The molecule has 6 heteroatoms. The van der Waals surface area contributed by atoms with Gasteiger partial charge in [0.2, 0.25) is 5.91 Å². The summed E-state index contributed by atoms with van der Waals surface area (Å²) in [7, 11) is 0. The molecule has 0 spiro atoms. The van der Waals surface area contributed by atoms with E-state index in [4.69, 9.17) is 0 Å². The Bertz CT molecular complexity index is 1230. The summed E-state index contributed by atoms with van der Waals surface area (Å²) in [6.07, 6.45) is 0. The molecular weight excluding hydrogens is 357 g/mol. The molecule has 0 aliphatic rings. The first-order valence-electron chi connectivity index (χ1n) is 8.71. The van der Waals surface area contributed by atoms with Crippen molar-refractivity contribution in [2.24, 2.45) is 0 Å². The number of halogens is 1. The van der Waals surface area contributed by atoms with Crippen molar-refractivity contribution in [3.05, 3.63) is 95.0 Å². The molecule has 0 saturated carbocycles. The Morgan fingerprint density at radius 2 is 1.75 bits per heavy atom. The smallest absolute Gasteiger partial charge is 0.267 e. The molecule has 4 aromatic rings. The lowest BCUT2D eigenvalue weighted by Gasteiger charge is -2.09. The Labute approximate surface area is 160 Å². The second-order valence-electron chi connectivity index (χ2n) is 6.33. The Morgan fingerprint density at radius 1 is 0.929 bits per heavy atom. The first kappa shape index (κ1) is 17.6. The molecular formula is C22H16FN3O2. The number of hydrogen-bond acceptors (Lipinski definition) is 3. The average molecular weight is 373 g/mol. The number of amides is 1. The molecule has 0 atom stereocenters. The van der Waals surface area contributed by atoms with Gasteiger partial charge < -0.3 is 5.32 Å². The number of benzene rings is 3. The second-order valence-corrected chi connectivity index (χ2v) is 6.33. The van der Waals surface area contributed by atoms with Crippen molar-refractivity contribution in [3.8, 4) is 11.3 Å². The van der Waals surface area contributed by atoms with Crippen molar-refractivity contribution in [2.45, 2.75) is 6.54 Å². The summed E-state index contributed by atoms with van der Waals surface area (Å²) in [6, 6.07) is 22.4. The maximum absolute atomic E-state index is 13.2. The third-order valence-electron chi connectivity index (χ3n) is 4.31. The fourth-order valence-electron chi connectivity index (χ4n) is 2.97. The quantitative estimate of drug-likeness (QED) is 0.591. The van der Waals surface area contributed by atoms with E-state index >= 15 is 0 Å². The van der Waals surface area contributed by atoms with Crippen LogP contribution in [0, 0.1) is 5.82 Å². The molecule has 0 aliphatic carbocycles. The standard InChI is InChI=1S/C22H16FN3O2/c23-18-6-3-7-19(13-18)24-21(27)14-26-22(28)11-10-20(25-26)17-9-8-15-4-1-2-5-16(15)12-17/h1-13H,14H2,(H,24,27). The van der Waals surface area contributed by atoms with Gasteiger partial charge in [-0.2, -0.15) is 5.10 Å². The monoisotopic (exact) mass is 373 g/mol. The molecule has 28 heavy (non-hydrogen) atoms. The number of rotatable bonds is 4. The van der Waals surface area contributed by atoms with Gasteiger partial charge >= 0.3 is 0 Å². The maximum Gasteiger partial charge on any atom is 0.267 e. The zero-order valence-electron chi connectivity index (χ0n) is 14.8. The zero-order chi connectivity index (χ0) is 19.5. The normalized spacial score (nSPS) is 10.8. The number of nitrogens with one attached hydrogen (secondary N) is 1. The highest BCUT2D eigenvalue weighted by Gasteiger charge is 2.09. The van der Waals surface area contributed by atoms with Gasteiger partial charge in [0.25, 0.3) is 5.56 Å². The minimum atomic E-state index is -0.462. The lowest BCUT2D eigenvalue weighted by Crippen LogP contribution is -2.29. The number of nitrogens with zero attached hydrogens (tertiary/aromatic N) is 2. The van der Waals surface area contributed by atoms with Crippen LogP contribution in [0.3, 0.4) is 0 Å². The molecule has 0 saturated heterocycles. The van der Waals surface area contributed by atoms with Gasteiger partial charge in [0.1, 0.15) is 12.4 Å². The SMILES string of the molecule is O=C(Cn1nc(-c2ccc3ccccc3c2)ccc1=O)Nc1cccc(F)c1. The molecule has 5 nitrogen and oxygen atoms in total. The van der Waals surface area contributed by atoms with E-state index in [1.807, 2.05) is 42.5 Å². The van der Waals surface area contributed by atoms with Gasteiger partial charge in [0, 0.05) is 17.3 Å². The summed E-state index contributed by atoms with van der Waals surface area (Å²) in [5.41, 5.74) is 1.37. The van der Waals surface area contributed by atoms with Gasteiger partial charge in [-0.1, -0.05) is 42.5 Å². The largest absolute Gasteiger partial charge is 0.324 e. The number of carbonyl (C=O) groups is 1. The predicted molar refractivity (Wildman–Crippen MR) is 106 cm³/mol. The van der Waals surface area contributed by atoms with Crippen LogP contribution in [0.4, 0.5) is 10.1 Å². The Balaban J connectivity index is 1.59. The van der Waals surface area contributed by atoms with Gasteiger partial charge in [-0.05, 0) is 41.1 Å². The van der Waals surface area contributed by atoms with Crippen LogP contribution >= 0.6 is 0 Å². The molecule has 4 rings (SSSR count). The Kier molecular flexibility index (Phi) is 4.68. The lowest BCUT2D eigenvalue weighted by molar-refractivity contribution is -0.117. The summed E-state index contributed by atoms with van der Waals surface area (Å²) in [5, 5.41) is 9.05. The second kappa shape index (κ2) is 7.44. The molecule has 1 aromatic heterocycles. The van der Waals surface area contributed by atoms with Crippen LogP contribution in [0.5, 0.6) is 0 Å². The lowest BCUT2D eigenvalue weighted by atomic mass is 10.1. The molecule has 1 amide bonds. The summed E-state index contributed by atoms with van der Waals surface area (Å²) in [5.74, 6) is -0.915. The number of carbonyl (C=O) groups excluding carboxylic acids is 1. The van der Waals surface area contributed by atoms with Crippen LogP contribution in [-0.4, -0.2) is 15.7 Å². The maximum atomic E-state index is 13.2. The summed E-state index contributed by atoms with van der Waals surface area (Å²) in [4.78, 5) is 24.4. The van der Waals surface area contributed by atoms with Gasteiger partial charge in [0.05, 0.1) is 5.69 Å². The van der Waals surface area contributed by atoms with Crippen molar-refractivity contribution >= 4 is 22.4 Å². The molecule has 3 aromatic carbocycles. The topological polar surface area (TPSA) is 64.0 Å². The van der Waals surface area contributed by atoms with E-state index in [1.165, 1.54) is 24.3 Å². The van der Waals surface area contributed by atoms with Crippen LogP contribution in [0.1, 0.15) is 0 Å². The van der Waals surface area contributed by atoms with E-state index in [0.29, 0.717) is 11.4 Å². The number of aromatic nitrogens is 2. The van der Waals surface area contributed by atoms with Crippen LogP contribution < -0.4 is 10.9 Å². The van der Waals surface area contributed by atoms with Crippen molar-refractivity contribution < 1.29 is 9.18 Å². The Morgan fingerprint density at radius 3 is 2.57 bits per heavy atom. The molecule has 1 N–H and O–H groups in total. The van der Waals surface area contributed by atoms with Crippen molar-refractivity contribution in [3.63, 3.8) is 0 Å². The summed E-state index contributed by atoms with van der Waals surface area (Å²) < 4.78 is 14.3. The molecule has 0 unspecified atom stereocenters. The highest BCUT2D eigenvalue weighted by Crippen LogP contribution is 2.22. The number of anilines is 1. The van der Waals surface area contributed by atoms with Crippen LogP contribution in [0.15, 0.2) is 83.7 Å². The van der Waals surface area contributed by atoms with Gasteiger partial charge in [0.15, 0.2) is 0 Å². The highest BCUT2D eigenvalue weighted by atomic mass is 19.1. The molecule has 138 valence electrons.